The molecule has 5 aliphatic carbocycles. The fraction of sp³-hybridized carbons (Fsp3) is 1.00. The minimum Gasteiger partial charge on any atom is -0.390 e. The van der Waals surface area contributed by atoms with Crippen molar-refractivity contribution >= 4 is 10.0 Å². The van der Waals surface area contributed by atoms with Crippen molar-refractivity contribution in [1.82, 2.24) is 9.21 Å². The van der Waals surface area contributed by atoms with E-state index in [-0.39, 0.29) is 58.2 Å². The van der Waals surface area contributed by atoms with Crippen LogP contribution in [0.4, 0.5) is 0 Å². The number of ether oxygens (including phenoxy) is 4. The third kappa shape index (κ3) is 5.24. The van der Waals surface area contributed by atoms with E-state index < -0.39 is 27.8 Å². The molecular formula is C40H68N2O8S. The second-order valence-electron chi connectivity index (χ2n) is 20.2. The van der Waals surface area contributed by atoms with Crippen molar-refractivity contribution in [2.24, 2.45) is 50.7 Å². The van der Waals surface area contributed by atoms with Crippen LogP contribution in [-0.4, -0.2) is 122 Å². The molecule has 8 fully saturated rings. The zero-order valence-electron chi connectivity index (χ0n) is 32.9. The molecule has 8 rings (SSSR count). The molecule has 0 aromatic rings. The summed E-state index contributed by atoms with van der Waals surface area (Å²) in [4.78, 5) is 2.37. The van der Waals surface area contributed by atoms with Gasteiger partial charge in [-0.1, -0.05) is 34.6 Å². The van der Waals surface area contributed by atoms with Crippen LogP contribution >= 0.6 is 0 Å². The van der Waals surface area contributed by atoms with Crippen LogP contribution in [0, 0.1) is 50.7 Å². The van der Waals surface area contributed by atoms with E-state index in [9.17, 15) is 18.6 Å². The van der Waals surface area contributed by atoms with E-state index in [4.69, 9.17) is 18.9 Å². The van der Waals surface area contributed by atoms with E-state index in [2.05, 4.69) is 39.5 Å². The van der Waals surface area contributed by atoms with E-state index >= 15 is 0 Å². The molecule has 0 radical (unpaired) electrons. The van der Waals surface area contributed by atoms with Crippen LogP contribution in [0.25, 0.3) is 0 Å². The molecule has 2 N–H and O–H groups in total. The zero-order valence-corrected chi connectivity index (χ0v) is 33.7. The molecule has 11 heteroatoms. The first-order valence-corrected chi connectivity index (χ1v) is 22.2. The van der Waals surface area contributed by atoms with Gasteiger partial charge in [-0.3, -0.25) is 4.90 Å². The van der Waals surface area contributed by atoms with Crippen molar-refractivity contribution in [2.75, 3.05) is 45.6 Å². The van der Waals surface area contributed by atoms with Gasteiger partial charge < -0.3 is 29.2 Å². The van der Waals surface area contributed by atoms with Gasteiger partial charge in [0, 0.05) is 44.2 Å². The summed E-state index contributed by atoms with van der Waals surface area (Å²) in [5.74, 6) is 1.69. The molecule has 1 unspecified atom stereocenters. The summed E-state index contributed by atoms with van der Waals surface area (Å²) in [6.45, 7) is 21.6. The van der Waals surface area contributed by atoms with Crippen molar-refractivity contribution in [3.63, 3.8) is 0 Å². The van der Waals surface area contributed by atoms with Gasteiger partial charge in [0.25, 0.3) is 0 Å². The number of rotatable bonds is 8. The molecule has 3 heterocycles. The fourth-order valence-corrected chi connectivity index (χ4v) is 15.7. The predicted octanol–water partition coefficient (Wildman–Crippen LogP) is 4.66. The minimum absolute atomic E-state index is 0.00207. The van der Waals surface area contributed by atoms with Crippen molar-refractivity contribution < 1.29 is 37.6 Å². The molecule has 14 atom stereocenters. The van der Waals surface area contributed by atoms with Crippen molar-refractivity contribution in [2.45, 2.75) is 155 Å². The monoisotopic (exact) mass is 736 g/mol. The topological polar surface area (TPSA) is 118 Å². The smallest absolute Gasteiger partial charge is 0.211 e. The Hall–Kier alpha value is -0.370. The van der Waals surface area contributed by atoms with Crippen LogP contribution in [-0.2, 0) is 29.0 Å². The standard InChI is InChI=1S/C40H68N2O8S/c1-10-47-34(36(5,6)44)26-19-24(2)31-32(49-26)33(43)38(8)28-12-11-27-35(3,4)29(13-14-39(27)23-40(28,39)16-15-37(31,38)7)50-30-22-41(17-18-48-30)25-20-42(21-25)51(9,45)46/h24-34,43-44H,10-23H2,1-9H3/t24-,26-,27+,28+,29+,30+,31+,32+,33+,34+,37-,38-,39?,40+/m1/s1. The number of sulfonamides is 1. The van der Waals surface area contributed by atoms with E-state index in [1.54, 1.807) is 4.31 Å². The Morgan fingerprint density at radius 1 is 1.00 bits per heavy atom. The van der Waals surface area contributed by atoms with Crippen LogP contribution in [0.2, 0.25) is 0 Å². The summed E-state index contributed by atoms with van der Waals surface area (Å²) in [5.41, 5.74) is -0.716. The third-order valence-electron chi connectivity index (χ3n) is 17.3. The van der Waals surface area contributed by atoms with E-state index in [1.807, 2.05) is 20.8 Å². The van der Waals surface area contributed by atoms with E-state index in [0.29, 0.717) is 56.0 Å². The maximum atomic E-state index is 12.6. The summed E-state index contributed by atoms with van der Waals surface area (Å²) in [7, 11) is -3.14. The third-order valence-corrected chi connectivity index (χ3v) is 18.6. The molecule has 8 aliphatic rings. The zero-order chi connectivity index (χ0) is 36.7. The maximum Gasteiger partial charge on any atom is 0.211 e. The molecule has 51 heavy (non-hydrogen) atoms. The summed E-state index contributed by atoms with van der Waals surface area (Å²) in [6, 6.07) is 0.235. The summed E-state index contributed by atoms with van der Waals surface area (Å²) in [5, 5.41) is 23.7. The molecular weight excluding hydrogens is 669 g/mol. The highest BCUT2D eigenvalue weighted by Crippen LogP contribution is 2.89. The molecule has 2 spiro atoms. The van der Waals surface area contributed by atoms with Crippen LogP contribution < -0.4 is 0 Å². The molecule has 0 bridgehead atoms. The Balaban J connectivity index is 0.986. The first-order valence-electron chi connectivity index (χ1n) is 20.4. The fourth-order valence-electron chi connectivity index (χ4n) is 14.8. The second-order valence-corrected chi connectivity index (χ2v) is 22.2. The Kier molecular flexibility index (Phi) is 8.88. The molecule has 0 amide bonds. The highest BCUT2D eigenvalue weighted by Gasteiger charge is 2.84. The Labute approximate surface area is 307 Å². The van der Waals surface area contributed by atoms with Gasteiger partial charge in [-0.2, -0.15) is 4.31 Å². The maximum absolute atomic E-state index is 12.6. The molecule has 10 nitrogen and oxygen atoms in total. The molecule has 0 aromatic carbocycles. The van der Waals surface area contributed by atoms with E-state index in [0.717, 1.165) is 38.6 Å². The number of nitrogens with zero attached hydrogens (tertiary/aromatic N) is 2. The predicted molar refractivity (Wildman–Crippen MR) is 194 cm³/mol. The number of morpholine rings is 1. The van der Waals surface area contributed by atoms with Gasteiger partial charge in [-0.25, -0.2) is 8.42 Å². The molecule has 292 valence electrons. The van der Waals surface area contributed by atoms with Gasteiger partial charge >= 0.3 is 0 Å². The van der Waals surface area contributed by atoms with Crippen LogP contribution in [0.5, 0.6) is 0 Å². The SMILES string of the molecule is CCO[C@@H]([C@H]1C[C@@H](C)[C@H]2[C@H](O1)[C@H](O)[C@@]1(C)[C@@H]3CC[C@H]4C(C)(C)[C@@H](O[C@H]5CN(C6CN(S(C)(=O)=O)C6)CCO5)CCC45C[C@@]35CC[C@]21C)C(C)(C)O. The van der Waals surface area contributed by atoms with Gasteiger partial charge in [-0.15, -0.1) is 0 Å². The lowest BCUT2D eigenvalue weighted by Crippen LogP contribution is -2.64. The Bertz CT molecular complexity index is 1460. The largest absolute Gasteiger partial charge is 0.390 e. The Morgan fingerprint density at radius 3 is 2.35 bits per heavy atom. The van der Waals surface area contributed by atoms with Crippen LogP contribution in [0.1, 0.15) is 107 Å². The lowest BCUT2D eigenvalue weighted by atomic mass is 9.41. The Morgan fingerprint density at radius 2 is 1.69 bits per heavy atom. The minimum atomic E-state index is -3.14. The van der Waals surface area contributed by atoms with Gasteiger partial charge in [-0.05, 0) is 117 Å². The van der Waals surface area contributed by atoms with Crippen LogP contribution in [0.15, 0.2) is 0 Å². The molecule has 5 saturated carbocycles. The summed E-state index contributed by atoms with van der Waals surface area (Å²) in [6.07, 6.45) is 8.66. The van der Waals surface area contributed by atoms with Crippen molar-refractivity contribution in [1.29, 1.82) is 0 Å². The number of aliphatic hydroxyl groups excluding tert-OH is 1. The lowest BCUT2D eigenvalue weighted by Gasteiger charge is -2.64. The van der Waals surface area contributed by atoms with Crippen molar-refractivity contribution in [3.8, 4) is 0 Å². The average molecular weight is 737 g/mol. The number of hydrogen-bond donors (Lipinski definition) is 2. The average Bonchev–Trinajstić information content (AvgIpc) is 3.64. The van der Waals surface area contributed by atoms with Gasteiger partial charge in [0.1, 0.15) is 6.10 Å². The first kappa shape index (κ1) is 37.5. The molecule has 3 saturated heterocycles. The lowest BCUT2D eigenvalue weighted by molar-refractivity contribution is -0.252. The van der Waals surface area contributed by atoms with E-state index in [1.165, 1.54) is 25.5 Å². The number of fused-ring (bicyclic) bond motifs is 4. The van der Waals surface area contributed by atoms with Gasteiger partial charge in [0.2, 0.25) is 10.0 Å². The normalized spacial score (nSPS) is 50.6. The number of aliphatic hydroxyl groups is 2. The number of hydrogen-bond acceptors (Lipinski definition) is 9. The van der Waals surface area contributed by atoms with Crippen LogP contribution in [0.3, 0.4) is 0 Å². The summed E-state index contributed by atoms with van der Waals surface area (Å²) < 4.78 is 51.7. The highest BCUT2D eigenvalue weighted by atomic mass is 32.2. The molecule has 0 aromatic heterocycles. The highest BCUT2D eigenvalue weighted by molar-refractivity contribution is 7.88. The summed E-state index contributed by atoms with van der Waals surface area (Å²) >= 11 is 0. The van der Waals surface area contributed by atoms with Gasteiger partial charge in [0.05, 0.1) is 42.9 Å². The second kappa shape index (κ2) is 12.1. The van der Waals surface area contributed by atoms with Crippen molar-refractivity contribution in [3.05, 3.63) is 0 Å². The van der Waals surface area contributed by atoms with Gasteiger partial charge in [0.15, 0.2) is 6.29 Å². The molecule has 3 aliphatic heterocycles. The first-order chi connectivity index (χ1) is 23.7. The quantitative estimate of drug-likeness (QED) is 0.367.